The molecule has 0 fully saturated rings. The summed E-state index contributed by atoms with van der Waals surface area (Å²) >= 11 is 0. The molecule has 0 radical (unpaired) electrons. The molecule has 0 saturated carbocycles. The van der Waals surface area contributed by atoms with E-state index in [2.05, 4.69) is 0 Å². The third-order valence-corrected chi connectivity index (χ3v) is 1.91. The fraction of sp³-hybridized carbons (Fsp3) is 0.364. The van der Waals surface area contributed by atoms with Gasteiger partial charge in [-0.3, -0.25) is 4.79 Å². The van der Waals surface area contributed by atoms with E-state index >= 15 is 0 Å². The molecule has 3 nitrogen and oxygen atoms in total. The van der Waals surface area contributed by atoms with E-state index in [1.807, 2.05) is 6.07 Å². The second-order valence-corrected chi connectivity index (χ2v) is 3.18. The Bertz CT molecular complexity index is 304. The van der Waals surface area contributed by atoms with Gasteiger partial charge in [0, 0.05) is 18.9 Å². The van der Waals surface area contributed by atoms with E-state index in [-0.39, 0.29) is 6.42 Å². The fourth-order valence-corrected chi connectivity index (χ4v) is 1.10. The van der Waals surface area contributed by atoms with Gasteiger partial charge >= 0.3 is 5.97 Å². The predicted molar refractivity (Wildman–Crippen MR) is 52.4 cm³/mol. The molecule has 0 heterocycles. The molecular formula is C11H14O3. The summed E-state index contributed by atoms with van der Waals surface area (Å²) in [5, 5.41) is 9.84. The summed E-state index contributed by atoms with van der Waals surface area (Å²) in [4.78, 5) is 11.0. The van der Waals surface area contributed by atoms with Gasteiger partial charge in [0.2, 0.25) is 5.79 Å². The standard InChI is InChI=1S/C11H14O3/c1-3-10(12)14-11(2,13)9-7-5-4-6-8-9/h4-8,13H,3H2,1-2H3. The number of benzene rings is 1. The van der Waals surface area contributed by atoms with Crippen molar-refractivity contribution in [3.63, 3.8) is 0 Å². The molecule has 14 heavy (non-hydrogen) atoms. The van der Waals surface area contributed by atoms with Crippen molar-refractivity contribution in [1.82, 2.24) is 0 Å². The Morgan fingerprint density at radius 2 is 2.00 bits per heavy atom. The van der Waals surface area contributed by atoms with Gasteiger partial charge in [0.15, 0.2) is 0 Å². The molecule has 0 amide bonds. The highest BCUT2D eigenvalue weighted by atomic mass is 16.7. The number of carbonyl (C=O) groups is 1. The highest BCUT2D eigenvalue weighted by Gasteiger charge is 2.26. The summed E-state index contributed by atoms with van der Waals surface area (Å²) in [6, 6.07) is 8.82. The van der Waals surface area contributed by atoms with Crippen molar-refractivity contribution in [3.05, 3.63) is 35.9 Å². The van der Waals surface area contributed by atoms with E-state index in [0.717, 1.165) is 0 Å². The van der Waals surface area contributed by atoms with E-state index in [9.17, 15) is 9.90 Å². The zero-order valence-corrected chi connectivity index (χ0v) is 8.36. The van der Waals surface area contributed by atoms with Crippen LogP contribution in [0.15, 0.2) is 30.3 Å². The average molecular weight is 194 g/mol. The van der Waals surface area contributed by atoms with Crippen LogP contribution in [0.4, 0.5) is 0 Å². The van der Waals surface area contributed by atoms with Crippen LogP contribution in [0, 0.1) is 0 Å². The minimum absolute atomic E-state index is 0.253. The number of aliphatic hydroxyl groups is 1. The van der Waals surface area contributed by atoms with E-state index < -0.39 is 11.8 Å². The Balaban J connectivity index is 2.80. The summed E-state index contributed by atoms with van der Waals surface area (Å²) in [5.74, 6) is -1.95. The minimum atomic E-state index is -1.53. The Kier molecular flexibility index (Phi) is 3.25. The van der Waals surface area contributed by atoms with Crippen LogP contribution in [-0.2, 0) is 15.3 Å². The molecule has 1 aromatic rings. The summed E-state index contributed by atoms with van der Waals surface area (Å²) in [5.41, 5.74) is 0.571. The molecule has 1 atom stereocenters. The molecular weight excluding hydrogens is 180 g/mol. The van der Waals surface area contributed by atoms with Crippen molar-refractivity contribution in [3.8, 4) is 0 Å². The normalized spacial score (nSPS) is 14.5. The van der Waals surface area contributed by atoms with Crippen LogP contribution in [0.1, 0.15) is 25.8 Å². The van der Waals surface area contributed by atoms with Crippen molar-refractivity contribution in [2.45, 2.75) is 26.1 Å². The molecule has 0 bridgehead atoms. The smallest absolute Gasteiger partial charge is 0.308 e. The first-order valence-corrected chi connectivity index (χ1v) is 4.56. The van der Waals surface area contributed by atoms with Crippen LogP contribution in [0.3, 0.4) is 0 Å². The lowest BCUT2D eigenvalue weighted by Crippen LogP contribution is -2.28. The van der Waals surface area contributed by atoms with Crippen LogP contribution < -0.4 is 0 Å². The molecule has 76 valence electrons. The molecule has 1 rings (SSSR count). The minimum Gasteiger partial charge on any atom is -0.429 e. The molecule has 0 spiro atoms. The van der Waals surface area contributed by atoms with Crippen LogP contribution in [0.2, 0.25) is 0 Å². The monoisotopic (exact) mass is 194 g/mol. The van der Waals surface area contributed by atoms with Gasteiger partial charge in [-0.15, -0.1) is 0 Å². The summed E-state index contributed by atoms with van der Waals surface area (Å²) < 4.78 is 4.89. The largest absolute Gasteiger partial charge is 0.429 e. The van der Waals surface area contributed by atoms with Gasteiger partial charge in [-0.1, -0.05) is 37.3 Å². The van der Waals surface area contributed by atoms with Crippen LogP contribution in [0.5, 0.6) is 0 Å². The third kappa shape index (κ3) is 2.57. The van der Waals surface area contributed by atoms with Crippen molar-refractivity contribution < 1.29 is 14.6 Å². The zero-order valence-electron chi connectivity index (χ0n) is 8.36. The van der Waals surface area contributed by atoms with Gasteiger partial charge in [0.05, 0.1) is 0 Å². The lowest BCUT2D eigenvalue weighted by Gasteiger charge is -2.23. The molecule has 0 aliphatic carbocycles. The second-order valence-electron chi connectivity index (χ2n) is 3.18. The molecule has 1 unspecified atom stereocenters. The van der Waals surface area contributed by atoms with Gasteiger partial charge in [-0.2, -0.15) is 0 Å². The maximum atomic E-state index is 11.0. The van der Waals surface area contributed by atoms with Gasteiger partial charge in [0.1, 0.15) is 0 Å². The van der Waals surface area contributed by atoms with Gasteiger partial charge in [-0.25, -0.2) is 0 Å². The van der Waals surface area contributed by atoms with E-state index in [0.29, 0.717) is 5.56 Å². The summed E-state index contributed by atoms with van der Waals surface area (Å²) in [7, 11) is 0. The predicted octanol–water partition coefficient (Wildman–Crippen LogP) is 1.80. The first kappa shape index (κ1) is 10.7. The lowest BCUT2D eigenvalue weighted by molar-refractivity contribution is -0.206. The Hall–Kier alpha value is -1.35. The molecule has 0 aliphatic heterocycles. The van der Waals surface area contributed by atoms with Crippen molar-refractivity contribution in [1.29, 1.82) is 0 Å². The number of rotatable bonds is 3. The summed E-state index contributed by atoms with van der Waals surface area (Å²) in [6.07, 6.45) is 0.253. The molecule has 0 aromatic heterocycles. The van der Waals surface area contributed by atoms with E-state index in [1.165, 1.54) is 6.92 Å². The quantitative estimate of drug-likeness (QED) is 0.589. The van der Waals surface area contributed by atoms with Gasteiger partial charge in [-0.05, 0) is 0 Å². The molecule has 1 N–H and O–H groups in total. The maximum absolute atomic E-state index is 11.0. The second kappa shape index (κ2) is 4.24. The van der Waals surface area contributed by atoms with E-state index in [1.54, 1.807) is 31.2 Å². The first-order valence-electron chi connectivity index (χ1n) is 4.56. The van der Waals surface area contributed by atoms with Crippen molar-refractivity contribution in [2.75, 3.05) is 0 Å². The van der Waals surface area contributed by atoms with E-state index in [4.69, 9.17) is 4.74 Å². The molecule has 0 saturated heterocycles. The SMILES string of the molecule is CCC(=O)OC(C)(O)c1ccccc1. The fourth-order valence-electron chi connectivity index (χ4n) is 1.10. The number of ether oxygens (including phenoxy) is 1. The van der Waals surface area contributed by atoms with Crippen LogP contribution >= 0.6 is 0 Å². The van der Waals surface area contributed by atoms with Crippen LogP contribution in [0.25, 0.3) is 0 Å². The van der Waals surface area contributed by atoms with Crippen molar-refractivity contribution in [2.24, 2.45) is 0 Å². The maximum Gasteiger partial charge on any atom is 0.308 e. The highest BCUT2D eigenvalue weighted by Crippen LogP contribution is 2.21. The Labute approximate surface area is 83.3 Å². The Morgan fingerprint density at radius 3 is 2.50 bits per heavy atom. The zero-order chi connectivity index (χ0) is 10.6. The van der Waals surface area contributed by atoms with Crippen LogP contribution in [-0.4, -0.2) is 11.1 Å². The average Bonchev–Trinajstić information content (AvgIpc) is 2.18. The van der Waals surface area contributed by atoms with Gasteiger partial charge in [0.25, 0.3) is 0 Å². The number of hydrogen-bond acceptors (Lipinski definition) is 3. The number of esters is 1. The third-order valence-electron chi connectivity index (χ3n) is 1.91. The first-order chi connectivity index (χ1) is 6.56. The molecule has 1 aromatic carbocycles. The number of hydrogen-bond donors (Lipinski definition) is 1. The molecule has 0 aliphatic rings. The summed E-state index contributed by atoms with van der Waals surface area (Å²) in [6.45, 7) is 3.14. The van der Waals surface area contributed by atoms with Gasteiger partial charge < -0.3 is 9.84 Å². The van der Waals surface area contributed by atoms with Crippen molar-refractivity contribution >= 4 is 5.97 Å². The molecule has 3 heteroatoms. The highest BCUT2D eigenvalue weighted by molar-refractivity contribution is 5.69. The Morgan fingerprint density at radius 1 is 1.43 bits per heavy atom. The lowest BCUT2D eigenvalue weighted by atomic mass is 10.1. The topological polar surface area (TPSA) is 46.5 Å². The number of carbonyl (C=O) groups excluding carboxylic acids is 1.